The van der Waals surface area contributed by atoms with Crippen LogP contribution >= 0.6 is 0 Å². The van der Waals surface area contributed by atoms with Gasteiger partial charge in [0.15, 0.2) is 0 Å². The lowest BCUT2D eigenvalue weighted by molar-refractivity contribution is 0.256. The van der Waals surface area contributed by atoms with Crippen LogP contribution in [0.1, 0.15) is 44.7 Å². The van der Waals surface area contributed by atoms with Gasteiger partial charge in [0, 0.05) is 19.1 Å². The van der Waals surface area contributed by atoms with E-state index in [4.69, 9.17) is 0 Å². The van der Waals surface area contributed by atoms with Crippen molar-refractivity contribution in [3.63, 3.8) is 0 Å². The summed E-state index contributed by atoms with van der Waals surface area (Å²) in [6.45, 7) is 11.6. The van der Waals surface area contributed by atoms with Crippen molar-refractivity contribution < 1.29 is 0 Å². The molecular weight excluding hydrogens is 244 g/mol. The van der Waals surface area contributed by atoms with Crippen LogP contribution in [0.2, 0.25) is 0 Å². The minimum absolute atomic E-state index is 0.733. The Kier molecular flexibility index (Phi) is 6.06. The highest BCUT2D eigenvalue weighted by atomic mass is 15.2. The van der Waals surface area contributed by atoms with Gasteiger partial charge in [-0.05, 0) is 56.3 Å². The Morgan fingerprint density at radius 2 is 1.90 bits per heavy atom. The van der Waals surface area contributed by atoms with Gasteiger partial charge in [-0.25, -0.2) is 0 Å². The van der Waals surface area contributed by atoms with Crippen LogP contribution < -0.4 is 5.32 Å². The van der Waals surface area contributed by atoms with Crippen molar-refractivity contribution in [2.75, 3.05) is 19.6 Å². The summed E-state index contributed by atoms with van der Waals surface area (Å²) in [5.74, 6) is 0.850. The third-order valence-electron chi connectivity index (χ3n) is 4.40. The van der Waals surface area contributed by atoms with Gasteiger partial charge >= 0.3 is 0 Å². The molecule has 1 aliphatic heterocycles. The Morgan fingerprint density at radius 3 is 2.55 bits per heavy atom. The molecule has 1 heterocycles. The Morgan fingerprint density at radius 1 is 1.15 bits per heavy atom. The summed E-state index contributed by atoms with van der Waals surface area (Å²) in [5, 5.41) is 3.51. The van der Waals surface area contributed by atoms with Crippen molar-refractivity contribution >= 4 is 0 Å². The number of nitrogens with zero attached hydrogens (tertiary/aromatic N) is 1. The monoisotopic (exact) mass is 274 g/mol. The molecule has 2 rings (SSSR count). The normalized spacial score (nSPS) is 23.4. The molecule has 2 heteroatoms. The number of rotatable bonds is 7. The van der Waals surface area contributed by atoms with Crippen molar-refractivity contribution in [3.8, 4) is 0 Å². The molecule has 0 aliphatic carbocycles. The SMILES string of the molecule is CCCNCCc1ccccc1CN1CC(C)CC1C. The molecule has 1 aromatic carbocycles. The van der Waals surface area contributed by atoms with Crippen LogP contribution in [-0.4, -0.2) is 30.6 Å². The van der Waals surface area contributed by atoms with Gasteiger partial charge in [-0.3, -0.25) is 4.90 Å². The standard InChI is InChI=1S/C18H30N2/c1-4-10-19-11-9-17-7-5-6-8-18(17)14-20-13-15(2)12-16(20)3/h5-8,15-16,19H,4,9-14H2,1-3H3. The van der Waals surface area contributed by atoms with Crippen molar-refractivity contribution in [2.45, 2.75) is 52.6 Å². The Bertz CT molecular complexity index is 402. The second-order valence-electron chi connectivity index (χ2n) is 6.39. The van der Waals surface area contributed by atoms with Crippen molar-refractivity contribution in [2.24, 2.45) is 5.92 Å². The highest BCUT2D eigenvalue weighted by Gasteiger charge is 2.26. The molecule has 0 bridgehead atoms. The molecule has 1 aromatic rings. The van der Waals surface area contributed by atoms with Gasteiger partial charge < -0.3 is 5.32 Å². The molecule has 0 saturated carbocycles. The van der Waals surface area contributed by atoms with Gasteiger partial charge in [0.05, 0.1) is 0 Å². The predicted octanol–water partition coefficient (Wildman–Crippen LogP) is 3.46. The summed E-state index contributed by atoms with van der Waals surface area (Å²) in [7, 11) is 0. The molecule has 1 saturated heterocycles. The maximum atomic E-state index is 3.51. The fourth-order valence-corrected chi connectivity index (χ4v) is 3.31. The largest absolute Gasteiger partial charge is 0.316 e. The molecule has 1 aliphatic rings. The van der Waals surface area contributed by atoms with Gasteiger partial charge in [0.2, 0.25) is 0 Å². The Labute approximate surface area is 124 Å². The topological polar surface area (TPSA) is 15.3 Å². The molecule has 1 fully saturated rings. The van der Waals surface area contributed by atoms with Crippen LogP contribution in [0.5, 0.6) is 0 Å². The lowest BCUT2D eigenvalue weighted by atomic mass is 10.0. The van der Waals surface area contributed by atoms with Gasteiger partial charge in [-0.15, -0.1) is 0 Å². The summed E-state index contributed by atoms with van der Waals surface area (Å²) in [6.07, 6.45) is 3.71. The van der Waals surface area contributed by atoms with Crippen LogP contribution in [-0.2, 0) is 13.0 Å². The molecule has 0 radical (unpaired) electrons. The van der Waals surface area contributed by atoms with Gasteiger partial charge in [0.25, 0.3) is 0 Å². The quantitative estimate of drug-likeness (QED) is 0.766. The fourth-order valence-electron chi connectivity index (χ4n) is 3.31. The Hall–Kier alpha value is -0.860. The summed E-state index contributed by atoms with van der Waals surface area (Å²) in [5.41, 5.74) is 3.04. The van der Waals surface area contributed by atoms with E-state index in [0.29, 0.717) is 0 Å². The molecule has 112 valence electrons. The van der Waals surface area contributed by atoms with E-state index in [1.54, 1.807) is 0 Å². The molecule has 2 unspecified atom stereocenters. The first-order valence-electron chi connectivity index (χ1n) is 8.22. The van der Waals surface area contributed by atoms with E-state index in [1.807, 2.05) is 0 Å². The van der Waals surface area contributed by atoms with Crippen molar-refractivity contribution in [3.05, 3.63) is 35.4 Å². The zero-order chi connectivity index (χ0) is 14.4. The zero-order valence-electron chi connectivity index (χ0n) is 13.4. The van der Waals surface area contributed by atoms with E-state index in [-0.39, 0.29) is 0 Å². The van der Waals surface area contributed by atoms with E-state index >= 15 is 0 Å². The highest BCUT2D eigenvalue weighted by molar-refractivity contribution is 5.27. The second kappa shape index (κ2) is 7.80. The van der Waals surface area contributed by atoms with Crippen LogP contribution in [0.4, 0.5) is 0 Å². The summed E-state index contributed by atoms with van der Waals surface area (Å²) >= 11 is 0. The van der Waals surface area contributed by atoms with E-state index in [1.165, 1.54) is 30.5 Å². The first kappa shape index (κ1) is 15.5. The molecular formula is C18H30N2. The van der Waals surface area contributed by atoms with Crippen LogP contribution in [0, 0.1) is 5.92 Å². The lowest BCUT2D eigenvalue weighted by Gasteiger charge is -2.22. The number of benzene rings is 1. The summed E-state index contributed by atoms with van der Waals surface area (Å²) in [6, 6.07) is 9.70. The van der Waals surface area contributed by atoms with Crippen LogP contribution in [0.25, 0.3) is 0 Å². The van der Waals surface area contributed by atoms with E-state index < -0.39 is 0 Å². The molecule has 2 nitrogen and oxygen atoms in total. The van der Waals surface area contributed by atoms with Crippen molar-refractivity contribution in [1.82, 2.24) is 10.2 Å². The summed E-state index contributed by atoms with van der Waals surface area (Å²) in [4.78, 5) is 2.64. The number of hydrogen-bond donors (Lipinski definition) is 1. The second-order valence-corrected chi connectivity index (χ2v) is 6.39. The molecule has 0 spiro atoms. The van der Waals surface area contributed by atoms with E-state index in [0.717, 1.165) is 38.0 Å². The predicted molar refractivity (Wildman–Crippen MR) is 87.0 cm³/mol. The fraction of sp³-hybridized carbons (Fsp3) is 0.667. The molecule has 1 N–H and O–H groups in total. The first-order valence-corrected chi connectivity index (χ1v) is 8.22. The molecule has 0 aromatic heterocycles. The molecule has 0 amide bonds. The minimum Gasteiger partial charge on any atom is -0.316 e. The van der Waals surface area contributed by atoms with Gasteiger partial charge in [0.1, 0.15) is 0 Å². The third kappa shape index (κ3) is 4.32. The third-order valence-corrected chi connectivity index (χ3v) is 4.40. The van der Waals surface area contributed by atoms with Crippen molar-refractivity contribution in [1.29, 1.82) is 0 Å². The van der Waals surface area contributed by atoms with Crippen LogP contribution in [0.3, 0.4) is 0 Å². The average molecular weight is 274 g/mol. The summed E-state index contributed by atoms with van der Waals surface area (Å²) < 4.78 is 0. The zero-order valence-corrected chi connectivity index (χ0v) is 13.4. The van der Waals surface area contributed by atoms with Gasteiger partial charge in [-0.1, -0.05) is 38.1 Å². The lowest BCUT2D eigenvalue weighted by Crippen LogP contribution is -2.27. The number of likely N-dealkylation sites (tertiary alicyclic amines) is 1. The van der Waals surface area contributed by atoms with Crippen LogP contribution in [0.15, 0.2) is 24.3 Å². The smallest absolute Gasteiger partial charge is 0.0239 e. The van der Waals surface area contributed by atoms with E-state index in [9.17, 15) is 0 Å². The Balaban J connectivity index is 1.93. The molecule has 20 heavy (non-hydrogen) atoms. The van der Waals surface area contributed by atoms with Gasteiger partial charge in [-0.2, -0.15) is 0 Å². The molecule has 2 atom stereocenters. The number of nitrogens with one attached hydrogen (secondary N) is 1. The minimum atomic E-state index is 0.733. The number of hydrogen-bond acceptors (Lipinski definition) is 2. The average Bonchev–Trinajstić information content (AvgIpc) is 2.75. The highest BCUT2D eigenvalue weighted by Crippen LogP contribution is 2.25. The maximum Gasteiger partial charge on any atom is 0.0239 e. The maximum absolute atomic E-state index is 3.51. The first-order chi connectivity index (χ1) is 9.70. The van der Waals surface area contributed by atoms with E-state index in [2.05, 4.69) is 55.3 Å².